The lowest BCUT2D eigenvalue weighted by atomic mass is 9.98. The molecule has 4 rings (SSSR count). The molecule has 1 N–H and O–H groups in total. The SMILES string of the molecule is Cc1nc(Cl)c([N+](=O)[O-])cc1C#CCCNC(=O)OCC1c2ccccc2-c2ccccc21. The van der Waals surface area contributed by atoms with E-state index in [1.165, 1.54) is 17.2 Å². The molecule has 0 saturated heterocycles. The quantitative estimate of drug-likeness (QED) is 0.184. The molecule has 1 aliphatic rings. The Kier molecular flexibility index (Phi) is 6.57. The van der Waals surface area contributed by atoms with Crippen molar-refractivity contribution in [2.45, 2.75) is 19.3 Å². The van der Waals surface area contributed by atoms with Crippen LogP contribution in [0.1, 0.15) is 34.7 Å². The van der Waals surface area contributed by atoms with Gasteiger partial charge in [0.2, 0.25) is 5.15 Å². The van der Waals surface area contributed by atoms with Crippen molar-refractivity contribution in [3.63, 3.8) is 0 Å². The Labute approximate surface area is 195 Å². The summed E-state index contributed by atoms with van der Waals surface area (Å²) in [5, 5.41) is 13.5. The molecule has 1 aliphatic carbocycles. The maximum absolute atomic E-state index is 12.2. The van der Waals surface area contributed by atoms with Crippen LogP contribution in [0.4, 0.5) is 10.5 Å². The lowest BCUT2D eigenvalue weighted by Gasteiger charge is -2.14. The molecule has 0 saturated carbocycles. The number of carbonyl (C=O) groups is 1. The van der Waals surface area contributed by atoms with Crippen molar-refractivity contribution in [3.05, 3.63) is 92.2 Å². The second-order valence-electron chi connectivity index (χ2n) is 7.49. The molecule has 0 atom stereocenters. The number of carbonyl (C=O) groups excluding carboxylic acids is 1. The van der Waals surface area contributed by atoms with Crippen LogP contribution in [0.5, 0.6) is 0 Å². The molecule has 0 bridgehead atoms. The molecule has 0 spiro atoms. The van der Waals surface area contributed by atoms with E-state index < -0.39 is 11.0 Å². The minimum Gasteiger partial charge on any atom is -0.449 e. The molecule has 1 aromatic heterocycles. The number of nitrogens with zero attached hydrogens (tertiary/aromatic N) is 2. The first-order chi connectivity index (χ1) is 16.0. The van der Waals surface area contributed by atoms with E-state index in [0.29, 0.717) is 17.7 Å². The van der Waals surface area contributed by atoms with E-state index in [0.717, 1.165) is 11.1 Å². The van der Waals surface area contributed by atoms with E-state index in [-0.39, 0.29) is 29.9 Å². The summed E-state index contributed by atoms with van der Waals surface area (Å²) in [6.07, 6.45) is -0.168. The number of aromatic nitrogens is 1. The van der Waals surface area contributed by atoms with Crippen molar-refractivity contribution in [2.24, 2.45) is 0 Å². The molecule has 3 aromatic rings. The molecule has 0 radical (unpaired) electrons. The number of hydrogen-bond acceptors (Lipinski definition) is 5. The van der Waals surface area contributed by atoms with Gasteiger partial charge < -0.3 is 10.1 Å². The molecule has 0 fully saturated rings. The number of fused-ring (bicyclic) bond motifs is 3. The van der Waals surface area contributed by atoms with E-state index in [4.69, 9.17) is 16.3 Å². The Balaban J connectivity index is 1.31. The maximum atomic E-state index is 12.2. The average Bonchev–Trinajstić information content (AvgIpc) is 3.12. The lowest BCUT2D eigenvalue weighted by molar-refractivity contribution is -0.385. The molecular formula is C25H20ClN3O4. The highest BCUT2D eigenvalue weighted by molar-refractivity contribution is 6.31. The highest BCUT2D eigenvalue weighted by Gasteiger charge is 2.28. The fourth-order valence-electron chi connectivity index (χ4n) is 3.85. The molecule has 8 heteroatoms. The number of alkyl carbamates (subject to hydrolysis) is 1. The van der Waals surface area contributed by atoms with E-state index in [2.05, 4.69) is 46.4 Å². The first-order valence-electron chi connectivity index (χ1n) is 10.3. The number of nitro groups is 1. The third-order valence-corrected chi connectivity index (χ3v) is 5.71. The van der Waals surface area contributed by atoms with Gasteiger partial charge in [-0.3, -0.25) is 10.1 Å². The summed E-state index contributed by atoms with van der Waals surface area (Å²) in [5.41, 5.74) is 5.28. The minimum absolute atomic E-state index is 0.000822. The van der Waals surface area contributed by atoms with Crippen molar-refractivity contribution >= 4 is 23.4 Å². The van der Waals surface area contributed by atoms with Crippen molar-refractivity contribution in [1.29, 1.82) is 0 Å². The third kappa shape index (κ3) is 4.81. The third-order valence-electron chi connectivity index (χ3n) is 5.43. The van der Waals surface area contributed by atoms with E-state index in [9.17, 15) is 14.9 Å². The summed E-state index contributed by atoms with van der Waals surface area (Å²) in [7, 11) is 0. The first kappa shape index (κ1) is 22.3. The number of hydrogen-bond donors (Lipinski definition) is 1. The second kappa shape index (κ2) is 9.72. The maximum Gasteiger partial charge on any atom is 0.407 e. The summed E-state index contributed by atoms with van der Waals surface area (Å²) in [5.74, 6) is 5.72. The highest BCUT2D eigenvalue weighted by Crippen LogP contribution is 2.44. The molecule has 7 nitrogen and oxygen atoms in total. The molecule has 33 heavy (non-hydrogen) atoms. The molecule has 1 amide bonds. The predicted octanol–water partition coefficient (Wildman–Crippen LogP) is 5.23. The van der Waals surface area contributed by atoms with Crippen LogP contribution in [-0.2, 0) is 4.74 Å². The van der Waals surface area contributed by atoms with Gasteiger partial charge in [0, 0.05) is 24.9 Å². The van der Waals surface area contributed by atoms with Crippen molar-refractivity contribution in [3.8, 4) is 23.0 Å². The fourth-order valence-corrected chi connectivity index (χ4v) is 4.10. The summed E-state index contributed by atoms with van der Waals surface area (Å²) < 4.78 is 5.48. The number of benzene rings is 2. The summed E-state index contributed by atoms with van der Waals surface area (Å²) in [6, 6.07) is 17.6. The van der Waals surface area contributed by atoms with Gasteiger partial charge in [-0.25, -0.2) is 9.78 Å². The van der Waals surface area contributed by atoms with E-state index in [1.54, 1.807) is 6.92 Å². The zero-order valence-electron chi connectivity index (χ0n) is 17.8. The Hall–Kier alpha value is -3.89. The van der Waals surface area contributed by atoms with Crippen LogP contribution in [0.2, 0.25) is 5.15 Å². The predicted molar refractivity (Wildman–Crippen MR) is 125 cm³/mol. The van der Waals surface area contributed by atoms with Crippen LogP contribution in [0.3, 0.4) is 0 Å². The Morgan fingerprint density at radius 1 is 1.18 bits per heavy atom. The second-order valence-corrected chi connectivity index (χ2v) is 7.85. The van der Waals surface area contributed by atoms with Crippen LogP contribution >= 0.6 is 11.6 Å². The van der Waals surface area contributed by atoms with Gasteiger partial charge in [0.1, 0.15) is 6.61 Å². The zero-order chi connectivity index (χ0) is 23.4. The van der Waals surface area contributed by atoms with Crippen LogP contribution in [0, 0.1) is 28.9 Å². The summed E-state index contributed by atoms with van der Waals surface area (Å²) in [4.78, 5) is 26.5. The molecule has 166 valence electrons. The van der Waals surface area contributed by atoms with Gasteiger partial charge in [-0.05, 0) is 29.2 Å². The van der Waals surface area contributed by atoms with E-state index in [1.807, 2.05) is 24.3 Å². The zero-order valence-corrected chi connectivity index (χ0v) is 18.6. The fraction of sp³-hybridized carbons (Fsp3) is 0.200. The molecule has 0 aliphatic heterocycles. The van der Waals surface area contributed by atoms with Crippen molar-refractivity contribution in [2.75, 3.05) is 13.2 Å². The topological polar surface area (TPSA) is 94.4 Å². The molecule has 2 aromatic carbocycles. The molecular weight excluding hydrogens is 442 g/mol. The average molecular weight is 462 g/mol. The summed E-state index contributed by atoms with van der Waals surface area (Å²) in [6.45, 7) is 2.20. The number of halogens is 1. The Morgan fingerprint density at radius 3 is 2.45 bits per heavy atom. The molecule has 1 heterocycles. The number of ether oxygens (including phenoxy) is 1. The van der Waals surface area contributed by atoms with Crippen LogP contribution in [0.25, 0.3) is 11.1 Å². The number of nitrogens with one attached hydrogen (secondary N) is 1. The van der Waals surface area contributed by atoms with Gasteiger partial charge in [0.15, 0.2) is 0 Å². The van der Waals surface area contributed by atoms with Gasteiger partial charge >= 0.3 is 11.8 Å². The molecule has 0 unspecified atom stereocenters. The lowest BCUT2D eigenvalue weighted by Crippen LogP contribution is -2.26. The largest absolute Gasteiger partial charge is 0.449 e. The highest BCUT2D eigenvalue weighted by atomic mass is 35.5. The smallest absolute Gasteiger partial charge is 0.407 e. The normalized spacial score (nSPS) is 11.7. The van der Waals surface area contributed by atoms with Gasteiger partial charge in [0.05, 0.1) is 16.2 Å². The van der Waals surface area contributed by atoms with Gasteiger partial charge in [-0.2, -0.15) is 0 Å². The number of pyridine rings is 1. The van der Waals surface area contributed by atoms with Crippen LogP contribution in [0.15, 0.2) is 54.6 Å². The Bertz CT molecular complexity index is 1250. The standard InChI is InChI=1S/C25H20ClN3O4/c1-16-17(14-23(29(31)32)24(26)28-16)8-6-7-13-27-25(30)33-15-22-20-11-4-2-9-18(20)19-10-3-5-12-21(19)22/h2-5,9-12,14,22H,7,13,15H2,1H3,(H,27,30). The number of rotatable bonds is 5. The van der Waals surface area contributed by atoms with Crippen molar-refractivity contribution < 1.29 is 14.5 Å². The monoisotopic (exact) mass is 461 g/mol. The minimum atomic E-state index is -0.599. The van der Waals surface area contributed by atoms with Gasteiger partial charge in [-0.1, -0.05) is 72.0 Å². The van der Waals surface area contributed by atoms with Crippen LogP contribution in [-0.4, -0.2) is 29.2 Å². The van der Waals surface area contributed by atoms with E-state index >= 15 is 0 Å². The van der Waals surface area contributed by atoms with Crippen LogP contribution < -0.4 is 5.32 Å². The van der Waals surface area contributed by atoms with Gasteiger partial charge in [0.25, 0.3) is 0 Å². The first-order valence-corrected chi connectivity index (χ1v) is 10.7. The Morgan fingerprint density at radius 2 is 1.82 bits per heavy atom. The summed E-state index contributed by atoms with van der Waals surface area (Å²) >= 11 is 5.79. The van der Waals surface area contributed by atoms with Gasteiger partial charge in [-0.15, -0.1) is 0 Å². The number of amides is 1. The number of aryl methyl sites for hydroxylation is 1. The van der Waals surface area contributed by atoms with Crippen molar-refractivity contribution in [1.82, 2.24) is 10.3 Å².